The Balaban J connectivity index is -0.0000000204. The largest absolute Gasteiger partial charge is 0.269 e. The van der Waals surface area contributed by atoms with Gasteiger partial charge in [-0.1, -0.05) is 34.1 Å². The number of rotatable bonds is 0. The lowest BCUT2D eigenvalue weighted by molar-refractivity contribution is 1.11. The summed E-state index contributed by atoms with van der Waals surface area (Å²) in [7, 11) is 0. The van der Waals surface area contributed by atoms with Gasteiger partial charge in [-0.2, -0.15) is 13.5 Å². The van der Waals surface area contributed by atoms with Gasteiger partial charge in [-0.15, -0.1) is 0 Å². The highest BCUT2D eigenvalue weighted by atomic mass is 79.9. The van der Waals surface area contributed by atoms with E-state index in [0.717, 1.165) is 4.47 Å². The topological polar surface area (TPSA) is 0 Å². The maximum Gasteiger partial charge on any atom is 0.0175 e. The van der Waals surface area contributed by atoms with Gasteiger partial charge in [0.25, 0.3) is 0 Å². The second-order valence-electron chi connectivity index (χ2n) is 1.30. The van der Waals surface area contributed by atoms with E-state index in [1.807, 2.05) is 30.3 Å². The highest BCUT2D eigenvalue weighted by Gasteiger charge is 1.74. The van der Waals surface area contributed by atoms with Crippen LogP contribution in [-0.2, 0) is 0 Å². The van der Waals surface area contributed by atoms with E-state index in [4.69, 9.17) is 0 Å². The van der Waals surface area contributed by atoms with E-state index in [1.165, 1.54) is 0 Å². The maximum atomic E-state index is 3.31. The lowest BCUT2D eigenvalue weighted by Crippen LogP contribution is -1.55. The Morgan fingerprint density at radius 2 is 1.00 bits per heavy atom. The van der Waals surface area contributed by atoms with Crippen molar-refractivity contribution in [3.05, 3.63) is 34.8 Å². The van der Waals surface area contributed by atoms with Crippen molar-refractivity contribution in [1.29, 1.82) is 0 Å². The number of benzene rings is 1. The molecule has 0 aliphatic rings. The molecule has 1 aromatic carbocycles. The molecule has 0 amide bonds. The minimum absolute atomic E-state index is 0. The molecule has 0 aromatic heterocycles. The fourth-order valence-corrected chi connectivity index (χ4v) is 0.720. The molecule has 0 bridgehead atoms. The molecule has 84 valence electrons. The Bertz CT molecular complexity index is 151. The molecule has 0 fully saturated rings. The highest BCUT2D eigenvalue weighted by molar-refractivity contribution is 9.10. The monoisotopic (exact) mass is 290 g/mol. The van der Waals surface area contributed by atoms with E-state index in [0.29, 0.717) is 0 Å². The van der Waals surface area contributed by atoms with Crippen LogP contribution in [0.1, 0.15) is 0 Å². The van der Waals surface area contributed by atoms with Gasteiger partial charge in [0.1, 0.15) is 0 Å². The number of halogens is 6. The molecule has 0 N–H and O–H groups in total. The predicted octanol–water partition coefficient (Wildman–Crippen LogP) is 3.32. The van der Waals surface area contributed by atoms with Crippen molar-refractivity contribution in [3.63, 3.8) is 0 Å². The van der Waals surface area contributed by atoms with Crippen LogP contribution in [0.25, 0.3) is 0 Å². The van der Waals surface area contributed by atoms with Crippen LogP contribution in [0.15, 0.2) is 34.8 Å². The van der Waals surface area contributed by atoms with Crippen molar-refractivity contribution in [2.75, 3.05) is 0 Å². The Labute approximate surface area is 88.1 Å². The maximum absolute atomic E-state index is 3.31. The number of hydrogen-bond donors (Lipinski definition) is 0. The van der Waals surface area contributed by atoms with Crippen molar-refractivity contribution in [1.82, 2.24) is 0 Å². The van der Waals surface area contributed by atoms with Crippen molar-refractivity contribution < 1.29 is 23.5 Å². The first-order valence-corrected chi connectivity index (χ1v) is 2.89. The summed E-state index contributed by atoms with van der Waals surface area (Å²) >= 11 is 3.31. The fourth-order valence-electron chi connectivity index (χ4n) is 0.415. The van der Waals surface area contributed by atoms with Crippen LogP contribution in [0.5, 0.6) is 0 Å². The molecule has 1 rings (SSSR count). The molecule has 0 spiro atoms. The molecule has 7 heteroatoms. The van der Waals surface area contributed by atoms with Crippen LogP contribution in [0.2, 0.25) is 0 Å². The zero-order valence-electron chi connectivity index (χ0n) is 6.31. The van der Waals surface area contributed by atoms with Crippen LogP contribution in [0, 0.1) is 0 Å². The molecule has 0 nitrogen and oxygen atoms in total. The fraction of sp³-hybridized carbons (Fsp3) is 0. The molecule has 0 saturated heterocycles. The first kappa shape index (κ1) is 38.7. The van der Waals surface area contributed by atoms with E-state index in [9.17, 15) is 0 Å². The van der Waals surface area contributed by atoms with E-state index < -0.39 is 0 Å². The van der Waals surface area contributed by atoms with E-state index in [2.05, 4.69) is 15.9 Å². The molecule has 0 heterocycles. The molecule has 0 aliphatic heterocycles. The molecular weight excluding hydrogens is 279 g/mol. The van der Waals surface area contributed by atoms with Crippen LogP contribution in [-0.4, -0.2) is 0 Å². The normalized spacial score (nSPS) is 4.69. The third-order valence-electron chi connectivity index (χ3n) is 0.733. The average molecular weight is 291 g/mol. The summed E-state index contributed by atoms with van der Waals surface area (Å²) in [5.41, 5.74) is 0. The van der Waals surface area contributed by atoms with Gasteiger partial charge in [0, 0.05) is 4.47 Å². The lowest BCUT2D eigenvalue weighted by Gasteiger charge is -1.80. The second kappa shape index (κ2) is 22.6. The molecule has 0 aliphatic carbocycles. The first-order chi connectivity index (χ1) is 3.39. The second-order valence-corrected chi connectivity index (χ2v) is 2.21. The van der Waals surface area contributed by atoms with Gasteiger partial charge in [0.15, 0.2) is 0 Å². The average Bonchev–Trinajstić information content (AvgIpc) is 1.69. The van der Waals surface area contributed by atoms with Crippen molar-refractivity contribution in [2.45, 2.75) is 0 Å². The van der Waals surface area contributed by atoms with Gasteiger partial charge < -0.3 is 0 Å². The van der Waals surface area contributed by atoms with Gasteiger partial charge in [-0.3, -0.25) is 23.5 Å². The molecule has 0 unspecified atom stereocenters. The molecule has 0 radical (unpaired) electrons. The smallest absolute Gasteiger partial charge is 0.0175 e. The SMILES string of the molecule is Brc1ccccc1.F.F.F.F.F.S. The standard InChI is InChI=1S/C6H5Br.5FH.H2S/c7-6-4-2-1-3-5-6;;;;;;/h1-5H;5*1H;1H2. The van der Waals surface area contributed by atoms with E-state index in [-0.39, 0.29) is 37.0 Å². The summed E-state index contributed by atoms with van der Waals surface area (Å²) in [6.07, 6.45) is 0. The Morgan fingerprint density at radius 3 is 1.15 bits per heavy atom. The zero-order chi connectivity index (χ0) is 5.11. The predicted molar refractivity (Wildman–Crippen MR) is 57.0 cm³/mol. The minimum Gasteiger partial charge on any atom is -0.269 e. The summed E-state index contributed by atoms with van der Waals surface area (Å²) in [5, 5.41) is 0. The minimum atomic E-state index is 0. The van der Waals surface area contributed by atoms with Gasteiger partial charge in [0.05, 0.1) is 0 Å². The third-order valence-corrected chi connectivity index (χ3v) is 1.26. The highest BCUT2D eigenvalue weighted by Crippen LogP contribution is 2.05. The van der Waals surface area contributed by atoms with Gasteiger partial charge in [-0.05, 0) is 12.1 Å². The molecule has 0 atom stereocenters. The van der Waals surface area contributed by atoms with E-state index in [1.54, 1.807) is 0 Å². The van der Waals surface area contributed by atoms with Gasteiger partial charge in [-0.25, -0.2) is 0 Å². The molecular formula is C6H12BrF5S. The quantitative estimate of drug-likeness (QED) is 0.643. The molecule has 1 aromatic rings. The molecule has 13 heavy (non-hydrogen) atoms. The van der Waals surface area contributed by atoms with Crippen molar-refractivity contribution >= 4 is 29.4 Å². The van der Waals surface area contributed by atoms with Crippen molar-refractivity contribution in [2.24, 2.45) is 0 Å². The summed E-state index contributed by atoms with van der Waals surface area (Å²) in [6.45, 7) is 0. The summed E-state index contributed by atoms with van der Waals surface area (Å²) in [6, 6.07) is 9.97. The lowest BCUT2D eigenvalue weighted by atomic mass is 10.4. The first-order valence-electron chi connectivity index (χ1n) is 2.10. The van der Waals surface area contributed by atoms with Crippen LogP contribution in [0.3, 0.4) is 0 Å². The number of hydrogen-bond acceptors (Lipinski definition) is 0. The van der Waals surface area contributed by atoms with Gasteiger partial charge >= 0.3 is 0 Å². The van der Waals surface area contributed by atoms with E-state index >= 15 is 0 Å². The van der Waals surface area contributed by atoms with Crippen molar-refractivity contribution in [3.8, 4) is 0 Å². The summed E-state index contributed by atoms with van der Waals surface area (Å²) in [5.74, 6) is 0. The zero-order valence-corrected chi connectivity index (χ0v) is 8.89. The van der Waals surface area contributed by atoms with Crippen LogP contribution < -0.4 is 0 Å². The van der Waals surface area contributed by atoms with Gasteiger partial charge in [0.2, 0.25) is 0 Å². The summed E-state index contributed by atoms with van der Waals surface area (Å²) in [4.78, 5) is 0. The third kappa shape index (κ3) is 18.6. The Hall–Kier alpha value is -0.300. The Morgan fingerprint density at radius 1 is 0.692 bits per heavy atom. The van der Waals surface area contributed by atoms with Crippen LogP contribution >= 0.6 is 29.4 Å². The summed E-state index contributed by atoms with van der Waals surface area (Å²) < 4.78 is 1.13. The molecule has 0 saturated carbocycles. The van der Waals surface area contributed by atoms with Crippen LogP contribution in [0.4, 0.5) is 23.5 Å². The Kier molecular flexibility index (Phi) is 67.3.